The molecule has 1 aromatic rings. The maximum atomic E-state index is 10.8. The van der Waals surface area contributed by atoms with Gasteiger partial charge in [-0.15, -0.1) is 0 Å². The second-order valence-electron chi connectivity index (χ2n) is 4.19. The van der Waals surface area contributed by atoms with Crippen LogP contribution >= 0.6 is 0 Å². The first-order valence-corrected chi connectivity index (χ1v) is 5.41. The van der Waals surface area contributed by atoms with Gasteiger partial charge < -0.3 is 24.7 Å². The minimum absolute atomic E-state index is 0.146. The molecule has 0 spiro atoms. The number of nitrogens with one attached hydrogen (secondary N) is 1. The molecule has 2 rings (SSSR count). The Kier molecular flexibility index (Phi) is 3.46. The summed E-state index contributed by atoms with van der Waals surface area (Å²) in [6.07, 6.45) is 1.93. The third kappa shape index (κ3) is 2.85. The monoisotopic (exact) mass is 241 g/mol. The standard InChI is InChI=1S/C11H15NO5/c13-10(14)8-1-3-17-9(8)5-12-6-11(15)2-4-16-7-11/h1,3,12,15H,2,4-7H2,(H,13,14). The first-order valence-electron chi connectivity index (χ1n) is 5.41. The molecule has 1 saturated heterocycles. The average Bonchev–Trinajstić information content (AvgIpc) is 2.87. The highest BCUT2D eigenvalue weighted by Gasteiger charge is 2.31. The third-order valence-corrected chi connectivity index (χ3v) is 2.80. The van der Waals surface area contributed by atoms with E-state index in [-0.39, 0.29) is 12.1 Å². The molecule has 1 fully saturated rings. The smallest absolute Gasteiger partial charge is 0.339 e. The van der Waals surface area contributed by atoms with Gasteiger partial charge in [-0.05, 0) is 6.07 Å². The molecule has 3 N–H and O–H groups in total. The van der Waals surface area contributed by atoms with Crippen molar-refractivity contribution in [3.63, 3.8) is 0 Å². The molecule has 6 heteroatoms. The summed E-state index contributed by atoms with van der Waals surface area (Å²) in [6.45, 7) is 1.49. The van der Waals surface area contributed by atoms with Crippen LogP contribution in [0.15, 0.2) is 16.7 Å². The van der Waals surface area contributed by atoms with Crippen LogP contribution in [0.2, 0.25) is 0 Å². The molecule has 1 atom stereocenters. The molecule has 0 amide bonds. The summed E-state index contributed by atoms with van der Waals surface area (Å²) in [5.74, 6) is -0.654. The maximum absolute atomic E-state index is 10.8. The molecule has 1 aliphatic rings. The van der Waals surface area contributed by atoms with Crippen molar-refractivity contribution in [1.29, 1.82) is 0 Å². The number of rotatable bonds is 5. The lowest BCUT2D eigenvalue weighted by atomic mass is 10.0. The van der Waals surface area contributed by atoms with Crippen LogP contribution in [0.3, 0.4) is 0 Å². The summed E-state index contributed by atoms with van der Waals surface area (Å²) in [5.41, 5.74) is -0.706. The van der Waals surface area contributed by atoms with Crippen molar-refractivity contribution in [2.45, 2.75) is 18.6 Å². The van der Waals surface area contributed by atoms with Crippen molar-refractivity contribution in [2.75, 3.05) is 19.8 Å². The molecule has 6 nitrogen and oxygen atoms in total. The van der Waals surface area contributed by atoms with Crippen LogP contribution in [0.25, 0.3) is 0 Å². The van der Waals surface area contributed by atoms with E-state index in [2.05, 4.69) is 5.32 Å². The number of hydrogen-bond donors (Lipinski definition) is 3. The SMILES string of the molecule is O=C(O)c1ccoc1CNCC1(O)CCOC1. The van der Waals surface area contributed by atoms with E-state index in [0.29, 0.717) is 31.9 Å². The molecule has 0 saturated carbocycles. The largest absolute Gasteiger partial charge is 0.478 e. The summed E-state index contributed by atoms with van der Waals surface area (Å²) >= 11 is 0. The fraction of sp³-hybridized carbons (Fsp3) is 0.545. The Hall–Kier alpha value is -1.37. The maximum Gasteiger partial charge on any atom is 0.339 e. The van der Waals surface area contributed by atoms with E-state index in [1.165, 1.54) is 12.3 Å². The second kappa shape index (κ2) is 4.87. The van der Waals surface area contributed by atoms with Gasteiger partial charge in [-0.1, -0.05) is 0 Å². The molecule has 1 aromatic heterocycles. The van der Waals surface area contributed by atoms with Crippen LogP contribution in [0.1, 0.15) is 22.5 Å². The number of carbonyl (C=O) groups is 1. The topological polar surface area (TPSA) is 91.9 Å². The van der Waals surface area contributed by atoms with Crippen LogP contribution in [0, 0.1) is 0 Å². The average molecular weight is 241 g/mol. The van der Waals surface area contributed by atoms with Crippen molar-refractivity contribution < 1.29 is 24.2 Å². The summed E-state index contributed by atoms with van der Waals surface area (Å²) in [5, 5.41) is 21.8. The van der Waals surface area contributed by atoms with Crippen molar-refractivity contribution in [3.05, 3.63) is 23.7 Å². The van der Waals surface area contributed by atoms with E-state index >= 15 is 0 Å². The second-order valence-corrected chi connectivity index (χ2v) is 4.19. The highest BCUT2D eigenvalue weighted by molar-refractivity contribution is 5.88. The zero-order valence-corrected chi connectivity index (χ0v) is 9.31. The van der Waals surface area contributed by atoms with Gasteiger partial charge in [-0.25, -0.2) is 4.79 Å². The van der Waals surface area contributed by atoms with E-state index in [4.69, 9.17) is 14.3 Å². The summed E-state index contributed by atoms with van der Waals surface area (Å²) < 4.78 is 10.2. The molecule has 0 radical (unpaired) electrons. The Bertz CT molecular complexity index is 394. The Balaban J connectivity index is 1.85. The minimum Gasteiger partial charge on any atom is -0.478 e. The molecular weight excluding hydrogens is 226 g/mol. The van der Waals surface area contributed by atoms with E-state index in [1.54, 1.807) is 0 Å². The summed E-state index contributed by atoms with van der Waals surface area (Å²) in [4.78, 5) is 10.8. The van der Waals surface area contributed by atoms with Crippen LogP contribution in [0.4, 0.5) is 0 Å². The zero-order valence-electron chi connectivity index (χ0n) is 9.31. The third-order valence-electron chi connectivity index (χ3n) is 2.80. The number of furan rings is 1. The van der Waals surface area contributed by atoms with Crippen LogP contribution in [0.5, 0.6) is 0 Å². The van der Waals surface area contributed by atoms with E-state index in [1.807, 2.05) is 0 Å². The number of ether oxygens (including phenoxy) is 1. The minimum atomic E-state index is -1.02. The molecule has 94 valence electrons. The van der Waals surface area contributed by atoms with Crippen molar-refractivity contribution in [3.8, 4) is 0 Å². The predicted molar refractivity (Wildman–Crippen MR) is 57.8 cm³/mol. The number of hydrogen-bond acceptors (Lipinski definition) is 5. The number of aromatic carboxylic acids is 1. The molecule has 1 unspecified atom stereocenters. The Morgan fingerprint density at radius 1 is 1.59 bits per heavy atom. The molecule has 2 heterocycles. The van der Waals surface area contributed by atoms with E-state index in [0.717, 1.165) is 0 Å². The Morgan fingerprint density at radius 2 is 2.41 bits per heavy atom. The van der Waals surface area contributed by atoms with Gasteiger partial charge >= 0.3 is 5.97 Å². The zero-order chi connectivity index (χ0) is 12.3. The van der Waals surface area contributed by atoms with Gasteiger partial charge in [0.2, 0.25) is 0 Å². The van der Waals surface area contributed by atoms with Crippen molar-refractivity contribution in [1.82, 2.24) is 5.32 Å². The highest BCUT2D eigenvalue weighted by atomic mass is 16.5. The van der Waals surface area contributed by atoms with Crippen LogP contribution in [-0.4, -0.2) is 41.5 Å². The fourth-order valence-electron chi connectivity index (χ4n) is 1.81. The number of aliphatic hydroxyl groups is 1. The van der Waals surface area contributed by atoms with Crippen molar-refractivity contribution in [2.24, 2.45) is 0 Å². The molecule has 0 bridgehead atoms. The first kappa shape index (κ1) is 12.1. The lowest BCUT2D eigenvalue weighted by Gasteiger charge is -2.20. The molecular formula is C11H15NO5. The van der Waals surface area contributed by atoms with Gasteiger partial charge in [-0.3, -0.25) is 0 Å². The lowest BCUT2D eigenvalue weighted by molar-refractivity contribution is 0.0265. The van der Waals surface area contributed by atoms with E-state index < -0.39 is 11.6 Å². The quantitative estimate of drug-likeness (QED) is 0.683. The molecule has 0 aromatic carbocycles. The van der Waals surface area contributed by atoms with Crippen molar-refractivity contribution >= 4 is 5.97 Å². The Morgan fingerprint density at radius 3 is 3.06 bits per heavy atom. The van der Waals surface area contributed by atoms with Gasteiger partial charge in [-0.2, -0.15) is 0 Å². The van der Waals surface area contributed by atoms with Gasteiger partial charge in [0.1, 0.15) is 16.9 Å². The van der Waals surface area contributed by atoms with Gasteiger partial charge in [0, 0.05) is 19.6 Å². The Labute approximate surface area is 98.2 Å². The van der Waals surface area contributed by atoms with E-state index in [9.17, 15) is 9.90 Å². The van der Waals surface area contributed by atoms with Crippen LogP contribution < -0.4 is 5.32 Å². The van der Waals surface area contributed by atoms with Gasteiger partial charge in [0.15, 0.2) is 0 Å². The fourth-order valence-corrected chi connectivity index (χ4v) is 1.81. The van der Waals surface area contributed by atoms with Gasteiger partial charge in [0.05, 0.1) is 19.4 Å². The molecule has 1 aliphatic heterocycles. The molecule has 17 heavy (non-hydrogen) atoms. The summed E-state index contributed by atoms with van der Waals surface area (Å²) in [7, 11) is 0. The summed E-state index contributed by atoms with van der Waals surface area (Å²) in [6, 6.07) is 1.41. The number of carboxylic acids is 1. The predicted octanol–water partition coefficient (Wildman–Crippen LogP) is 0.219. The highest BCUT2D eigenvalue weighted by Crippen LogP contribution is 2.17. The molecule has 0 aliphatic carbocycles. The lowest BCUT2D eigenvalue weighted by Crippen LogP contribution is -2.40. The number of carboxylic acid groups (broad SMARTS) is 1. The normalized spacial score (nSPS) is 24.1. The van der Waals surface area contributed by atoms with Gasteiger partial charge in [0.25, 0.3) is 0 Å². The first-order chi connectivity index (χ1) is 8.11. The van der Waals surface area contributed by atoms with Crippen LogP contribution in [-0.2, 0) is 11.3 Å².